The topological polar surface area (TPSA) is 32.5 Å². The maximum absolute atomic E-state index is 5.71. The lowest BCUT2D eigenvalue weighted by atomic mass is 9.87. The Morgan fingerprint density at radius 2 is 1.56 bits per heavy atom. The molecule has 0 rings (SSSR count). The van der Waals surface area contributed by atoms with Gasteiger partial charge in [0.2, 0.25) is 0 Å². The zero-order valence-corrected chi connectivity index (χ0v) is 11.9. The summed E-state index contributed by atoms with van der Waals surface area (Å²) in [6.07, 6.45) is 3.81. The molecule has 0 aliphatic rings. The van der Waals surface area contributed by atoms with Crippen LogP contribution in [-0.2, 0) is 0 Å². The molecule has 0 amide bonds. The Morgan fingerprint density at radius 1 is 0.938 bits per heavy atom. The number of hydrogen-bond acceptors (Lipinski definition) is 3. The molecule has 16 heavy (non-hydrogen) atoms. The predicted octanol–water partition coefficient (Wildman–Crippen LogP) is 1.64. The van der Waals surface area contributed by atoms with Crippen LogP contribution in [0, 0.1) is 5.41 Å². The standard InChI is InChI=1S/C13H31N3/c1-13(2,12-14)8-6-7-9-16(5)11-10-15(3)4/h6-12,14H2,1-5H3. The summed E-state index contributed by atoms with van der Waals surface area (Å²) in [5.41, 5.74) is 6.04. The molecule has 0 saturated carbocycles. The molecule has 98 valence electrons. The molecule has 0 atom stereocenters. The normalized spacial score (nSPS) is 12.8. The van der Waals surface area contributed by atoms with E-state index in [1.807, 2.05) is 0 Å². The smallest absolute Gasteiger partial charge is 0.0106 e. The molecule has 0 saturated heterocycles. The minimum absolute atomic E-state index is 0.322. The van der Waals surface area contributed by atoms with Gasteiger partial charge in [0, 0.05) is 13.1 Å². The van der Waals surface area contributed by atoms with Crippen LogP contribution in [0.4, 0.5) is 0 Å². The second-order valence-electron chi connectivity index (χ2n) is 5.93. The molecule has 0 aromatic carbocycles. The molecular formula is C13H31N3. The summed E-state index contributed by atoms with van der Waals surface area (Å²) in [6.45, 7) is 8.81. The molecule has 3 nitrogen and oxygen atoms in total. The molecule has 0 unspecified atom stereocenters. The van der Waals surface area contributed by atoms with Crippen molar-refractivity contribution < 1.29 is 0 Å². The van der Waals surface area contributed by atoms with E-state index in [0.717, 1.165) is 19.6 Å². The summed E-state index contributed by atoms with van der Waals surface area (Å²) >= 11 is 0. The molecule has 2 N–H and O–H groups in total. The van der Waals surface area contributed by atoms with Crippen molar-refractivity contribution >= 4 is 0 Å². The van der Waals surface area contributed by atoms with Crippen molar-refractivity contribution in [3.8, 4) is 0 Å². The Morgan fingerprint density at radius 3 is 2.06 bits per heavy atom. The first-order valence-corrected chi connectivity index (χ1v) is 6.41. The van der Waals surface area contributed by atoms with E-state index < -0.39 is 0 Å². The molecule has 0 aromatic rings. The van der Waals surface area contributed by atoms with Gasteiger partial charge >= 0.3 is 0 Å². The van der Waals surface area contributed by atoms with Crippen molar-refractivity contribution in [3.05, 3.63) is 0 Å². The van der Waals surface area contributed by atoms with Gasteiger partial charge in [0.05, 0.1) is 0 Å². The second kappa shape index (κ2) is 8.04. The average Bonchev–Trinajstić information content (AvgIpc) is 2.21. The third-order valence-electron chi connectivity index (χ3n) is 3.12. The van der Waals surface area contributed by atoms with Gasteiger partial charge in [-0.15, -0.1) is 0 Å². The van der Waals surface area contributed by atoms with Gasteiger partial charge in [-0.2, -0.15) is 0 Å². The first-order chi connectivity index (χ1) is 7.37. The minimum Gasteiger partial charge on any atom is -0.330 e. The van der Waals surface area contributed by atoms with Crippen LogP contribution >= 0.6 is 0 Å². The molecule has 0 fully saturated rings. The van der Waals surface area contributed by atoms with E-state index in [4.69, 9.17) is 5.73 Å². The number of unbranched alkanes of at least 4 members (excludes halogenated alkanes) is 1. The summed E-state index contributed by atoms with van der Waals surface area (Å²) in [5.74, 6) is 0. The summed E-state index contributed by atoms with van der Waals surface area (Å²) in [4.78, 5) is 4.64. The third kappa shape index (κ3) is 9.13. The van der Waals surface area contributed by atoms with Crippen LogP contribution in [0.3, 0.4) is 0 Å². The molecule has 0 aromatic heterocycles. The molecule has 0 bridgehead atoms. The van der Waals surface area contributed by atoms with E-state index in [9.17, 15) is 0 Å². The fourth-order valence-electron chi connectivity index (χ4n) is 1.57. The molecule has 0 aliphatic heterocycles. The SMILES string of the molecule is CN(C)CCN(C)CCCCC(C)(C)CN. The second-order valence-corrected chi connectivity index (χ2v) is 5.93. The van der Waals surface area contributed by atoms with Gasteiger partial charge in [-0.3, -0.25) is 0 Å². The summed E-state index contributed by atoms with van der Waals surface area (Å²) in [6, 6.07) is 0. The Hall–Kier alpha value is -0.120. The van der Waals surface area contributed by atoms with E-state index in [1.165, 1.54) is 25.8 Å². The monoisotopic (exact) mass is 229 g/mol. The zero-order valence-electron chi connectivity index (χ0n) is 11.9. The third-order valence-corrected chi connectivity index (χ3v) is 3.12. The largest absolute Gasteiger partial charge is 0.330 e. The number of nitrogens with zero attached hydrogens (tertiary/aromatic N) is 2. The highest BCUT2D eigenvalue weighted by Crippen LogP contribution is 2.21. The maximum Gasteiger partial charge on any atom is 0.0106 e. The van der Waals surface area contributed by atoms with Crippen molar-refractivity contribution in [1.82, 2.24) is 9.80 Å². The van der Waals surface area contributed by atoms with Gasteiger partial charge in [0.15, 0.2) is 0 Å². The lowest BCUT2D eigenvalue weighted by Crippen LogP contribution is -2.29. The molecule has 3 heteroatoms. The van der Waals surface area contributed by atoms with E-state index in [2.05, 4.69) is 44.8 Å². The number of rotatable bonds is 9. The predicted molar refractivity (Wildman–Crippen MR) is 72.7 cm³/mol. The van der Waals surface area contributed by atoms with Crippen LogP contribution < -0.4 is 5.73 Å². The van der Waals surface area contributed by atoms with Crippen LogP contribution in [0.1, 0.15) is 33.1 Å². The van der Waals surface area contributed by atoms with Gasteiger partial charge in [-0.1, -0.05) is 20.3 Å². The Labute approximate surface area is 102 Å². The maximum atomic E-state index is 5.71. The molecule has 0 radical (unpaired) electrons. The van der Waals surface area contributed by atoms with Crippen LogP contribution in [0.2, 0.25) is 0 Å². The minimum atomic E-state index is 0.322. The number of nitrogens with two attached hydrogens (primary N) is 1. The summed E-state index contributed by atoms with van der Waals surface area (Å²) in [5, 5.41) is 0. The molecular weight excluding hydrogens is 198 g/mol. The van der Waals surface area contributed by atoms with Crippen molar-refractivity contribution in [3.63, 3.8) is 0 Å². The zero-order chi connectivity index (χ0) is 12.6. The van der Waals surface area contributed by atoms with E-state index in [-0.39, 0.29) is 0 Å². The van der Waals surface area contributed by atoms with Gasteiger partial charge in [0.1, 0.15) is 0 Å². The highest BCUT2D eigenvalue weighted by Gasteiger charge is 2.14. The molecule has 0 spiro atoms. The van der Waals surface area contributed by atoms with Crippen LogP contribution in [0.5, 0.6) is 0 Å². The quantitative estimate of drug-likeness (QED) is 0.610. The summed E-state index contributed by atoms with van der Waals surface area (Å²) < 4.78 is 0. The highest BCUT2D eigenvalue weighted by atomic mass is 15.1. The summed E-state index contributed by atoms with van der Waals surface area (Å²) in [7, 11) is 6.45. The lowest BCUT2D eigenvalue weighted by Gasteiger charge is -2.23. The van der Waals surface area contributed by atoms with E-state index >= 15 is 0 Å². The Bertz CT molecular complexity index is 167. The van der Waals surface area contributed by atoms with Crippen molar-refractivity contribution in [1.29, 1.82) is 0 Å². The van der Waals surface area contributed by atoms with Crippen molar-refractivity contribution in [2.24, 2.45) is 11.1 Å². The van der Waals surface area contributed by atoms with Crippen LogP contribution in [-0.4, -0.2) is 57.1 Å². The molecule has 0 aliphatic carbocycles. The number of hydrogen-bond donors (Lipinski definition) is 1. The van der Waals surface area contributed by atoms with Gasteiger partial charge in [-0.05, 0) is 52.5 Å². The molecule has 0 heterocycles. The number of likely N-dealkylation sites (N-methyl/N-ethyl adjacent to an activating group) is 2. The van der Waals surface area contributed by atoms with Crippen molar-refractivity contribution in [2.45, 2.75) is 33.1 Å². The first-order valence-electron chi connectivity index (χ1n) is 6.41. The van der Waals surface area contributed by atoms with Gasteiger partial charge in [0.25, 0.3) is 0 Å². The fourth-order valence-corrected chi connectivity index (χ4v) is 1.57. The van der Waals surface area contributed by atoms with Gasteiger partial charge < -0.3 is 15.5 Å². The lowest BCUT2D eigenvalue weighted by molar-refractivity contribution is 0.266. The van der Waals surface area contributed by atoms with E-state index in [0.29, 0.717) is 5.41 Å². The highest BCUT2D eigenvalue weighted by molar-refractivity contribution is 4.69. The van der Waals surface area contributed by atoms with Crippen LogP contribution in [0.15, 0.2) is 0 Å². The Kier molecular flexibility index (Phi) is 7.98. The fraction of sp³-hybridized carbons (Fsp3) is 1.00. The van der Waals surface area contributed by atoms with Crippen LogP contribution in [0.25, 0.3) is 0 Å². The van der Waals surface area contributed by atoms with Crippen molar-refractivity contribution in [2.75, 3.05) is 47.3 Å². The van der Waals surface area contributed by atoms with E-state index in [1.54, 1.807) is 0 Å². The average molecular weight is 229 g/mol. The first kappa shape index (κ1) is 15.9. The Balaban J connectivity index is 3.44. The van der Waals surface area contributed by atoms with Gasteiger partial charge in [-0.25, -0.2) is 0 Å².